The molecule has 1 unspecified atom stereocenters. The second-order valence-corrected chi connectivity index (χ2v) is 10.5. The van der Waals surface area contributed by atoms with Crippen LogP contribution in [0.1, 0.15) is 6.92 Å². The summed E-state index contributed by atoms with van der Waals surface area (Å²) in [6, 6.07) is 7.18. The zero-order valence-electron chi connectivity index (χ0n) is 16.1. The number of primary sulfonamides is 1. The quantitative estimate of drug-likeness (QED) is 0.308. The van der Waals surface area contributed by atoms with E-state index in [9.17, 15) is 16.8 Å². The molecule has 4 aromatic rings. The highest BCUT2D eigenvalue weighted by Crippen LogP contribution is 2.40. The van der Waals surface area contributed by atoms with Gasteiger partial charge in [-0.25, -0.2) is 27.0 Å². The van der Waals surface area contributed by atoms with Crippen LogP contribution in [0.15, 0.2) is 46.5 Å². The minimum absolute atomic E-state index is 0.0995. The second-order valence-electron chi connectivity index (χ2n) is 6.96. The first-order chi connectivity index (χ1) is 14.6. The minimum Gasteiger partial charge on any atom is -0.345 e. The van der Waals surface area contributed by atoms with Crippen molar-refractivity contribution in [2.45, 2.75) is 22.8 Å². The number of H-pyrrole nitrogens is 2. The number of nitrogens with two attached hydrogens (primary N) is 2. The van der Waals surface area contributed by atoms with Crippen molar-refractivity contribution in [3.63, 3.8) is 0 Å². The van der Waals surface area contributed by atoms with Crippen LogP contribution in [0.2, 0.25) is 0 Å². The summed E-state index contributed by atoms with van der Waals surface area (Å²) < 4.78 is 51.3. The zero-order chi connectivity index (χ0) is 22.4. The van der Waals surface area contributed by atoms with E-state index >= 15 is 0 Å². The van der Waals surface area contributed by atoms with Gasteiger partial charge in [0.05, 0.1) is 33.6 Å². The highest BCUT2D eigenvalue weighted by atomic mass is 32.2. The van der Waals surface area contributed by atoms with Gasteiger partial charge in [-0.05, 0) is 29.8 Å². The number of fused-ring (bicyclic) bond motifs is 1. The molecule has 0 aliphatic rings. The van der Waals surface area contributed by atoms with E-state index in [-0.39, 0.29) is 11.4 Å². The lowest BCUT2D eigenvalue weighted by molar-refractivity contribution is 0.580. The Morgan fingerprint density at radius 2 is 1.87 bits per heavy atom. The molecule has 2 aromatic carbocycles. The molecular weight excluding hydrogens is 444 g/mol. The van der Waals surface area contributed by atoms with E-state index in [1.165, 1.54) is 25.4 Å². The fourth-order valence-electron chi connectivity index (χ4n) is 3.42. The van der Waals surface area contributed by atoms with Gasteiger partial charge in [0, 0.05) is 11.6 Å². The third kappa shape index (κ3) is 3.81. The van der Waals surface area contributed by atoms with Gasteiger partial charge >= 0.3 is 0 Å². The van der Waals surface area contributed by atoms with E-state index in [2.05, 4.69) is 30.6 Å². The fraction of sp³-hybridized carbons (Fsp3) is 0.176. The summed E-state index contributed by atoms with van der Waals surface area (Å²) >= 11 is 0. The summed E-state index contributed by atoms with van der Waals surface area (Å²) in [5, 5.41) is 19.0. The van der Waals surface area contributed by atoms with Gasteiger partial charge < -0.3 is 10.7 Å². The number of hydrogen-bond acceptors (Lipinski definition) is 9. The Hall–Kier alpha value is -3.20. The number of sulfone groups is 1. The molecule has 0 fully saturated rings. The molecule has 0 aliphatic heterocycles. The maximum Gasteiger partial charge on any atom is 0.240 e. The van der Waals surface area contributed by atoms with E-state index in [1.54, 1.807) is 18.2 Å². The number of nitrogens with one attached hydrogen (secondary N) is 2. The lowest BCUT2D eigenvalue weighted by Crippen LogP contribution is -2.28. The highest BCUT2D eigenvalue weighted by Gasteiger charge is 2.32. The number of aromatic amines is 2. The molecule has 0 saturated heterocycles. The van der Waals surface area contributed by atoms with Crippen LogP contribution in [0.25, 0.3) is 33.5 Å². The summed E-state index contributed by atoms with van der Waals surface area (Å²) in [6.45, 7) is 1.50. The Labute approximate surface area is 177 Å². The number of rotatable bonds is 6. The van der Waals surface area contributed by atoms with Gasteiger partial charge in [-0.15, -0.1) is 10.2 Å². The number of tetrazole rings is 1. The Morgan fingerprint density at radius 3 is 2.52 bits per heavy atom. The summed E-state index contributed by atoms with van der Waals surface area (Å²) in [7, 11) is -8.66. The number of aromatic nitrogens is 6. The van der Waals surface area contributed by atoms with E-state index in [4.69, 9.17) is 10.9 Å². The maximum absolute atomic E-state index is 13.0. The highest BCUT2D eigenvalue weighted by molar-refractivity contribution is 7.93. The summed E-state index contributed by atoms with van der Waals surface area (Å²) in [5.41, 5.74) is 7.65. The molecule has 6 N–H and O–H groups in total. The first kappa shape index (κ1) is 21.0. The predicted molar refractivity (Wildman–Crippen MR) is 112 cm³/mol. The normalized spacial score (nSPS) is 13.5. The monoisotopic (exact) mass is 462 g/mol. The third-order valence-corrected chi connectivity index (χ3v) is 7.63. The Morgan fingerprint density at radius 1 is 1.10 bits per heavy atom. The first-order valence-corrected chi connectivity index (χ1v) is 12.1. The van der Waals surface area contributed by atoms with Crippen LogP contribution < -0.4 is 10.9 Å². The summed E-state index contributed by atoms with van der Waals surface area (Å²) in [4.78, 5) is 6.15. The SMILES string of the molecule is CC(N)CS(=O)(=O)c1ccc(-c2cccc3[nH]cnc23)c(-c2nn[nH]n2)c1S(N)(=O)=O. The van der Waals surface area contributed by atoms with Crippen LogP contribution in [0.4, 0.5) is 0 Å². The molecular formula is C17H18N8O4S2. The van der Waals surface area contributed by atoms with Gasteiger partial charge in [-0.1, -0.05) is 18.2 Å². The van der Waals surface area contributed by atoms with Crippen molar-refractivity contribution in [3.8, 4) is 22.5 Å². The molecule has 2 heterocycles. The fourth-order valence-corrected chi connectivity index (χ4v) is 6.52. The van der Waals surface area contributed by atoms with Gasteiger partial charge in [0.25, 0.3) is 0 Å². The molecule has 31 heavy (non-hydrogen) atoms. The van der Waals surface area contributed by atoms with Gasteiger partial charge in [0.2, 0.25) is 15.8 Å². The molecule has 2 aromatic heterocycles. The lowest BCUT2D eigenvalue weighted by Gasteiger charge is -2.17. The van der Waals surface area contributed by atoms with Crippen molar-refractivity contribution >= 4 is 30.9 Å². The number of para-hydroxylation sites is 1. The molecule has 4 rings (SSSR count). The number of hydrogen-bond donors (Lipinski definition) is 4. The molecule has 14 heteroatoms. The Balaban J connectivity index is 2.16. The molecule has 0 amide bonds. The molecule has 0 spiro atoms. The average Bonchev–Trinajstić information content (AvgIpc) is 3.36. The van der Waals surface area contributed by atoms with Gasteiger partial charge in [-0.3, -0.25) is 0 Å². The topological polar surface area (TPSA) is 203 Å². The van der Waals surface area contributed by atoms with Gasteiger partial charge in [0.1, 0.15) is 4.90 Å². The minimum atomic E-state index is -4.55. The van der Waals surface area contributed by atoms with Crippen LogP contribution in [0.3, 0.4) is 0 Å². The van der Waals surface area contributed by atoms with Crippen LogP contribution >= 0.6 is 0 Å². The molecule has 12 nitrogen and oxygen atoms in total. The van der Waals surface area contributed by atoms with Gasteiger partial charge in [-0.2, -0.15) is 5.21 Å². The predicted octanol–water partition coefficient (Wildman–Crippen LogP) is 0.178. The number of nitrogens with zero attached hydrogens (tertiary/aromatic N) is 4. The molecule has 0 radical (unpaired) electrons. The molecule has 0 bridgehead atoms. The van der Waals surface area contributed by atoms with Crippen molar-refractivity contribution in [3.05, 3.63) is 36.7 Å². The number of benzene rings is 2. The summed E-state index contributed by atoms with van der Waals surface area (Å²) in [6.07, 6.45) is 1.49. The van der Waals surface area contributed by atoms with Crippen molar-refractivity contribution in [1.29, 1.82) is 0 Å². The second kappa shape index (κ2) is 7.49. The third-order valence-electron chi connectivity index (χ3n) is 4.53. The van der Waals surface area contributed by atoms with Crippen LogP contribution in [0, 0.1) is 0 Å². The van der Waals surface area contributed by atoms with Crippen LogP contribution in [-0.4, -0.2) is 59.2 Å². The van der Waals surface area contributed by atoms with E-state index in [1.807, 2.05) is 0 Å². The largest absolute Gasteiger partial charge is 0.345 e. The standard InChI is InChI=1S/C17H18N8O4S2/c1-9(18)7-30(26,27)13-6-5-10(11-3-2-4-12-15(11)21-8-20-12)14(16(13)31(19,28)29)17-22-24-25-23-17/h2-6,8-9H,7,18H2,1H3,(H,20,21)(H2,19,28,29)(H,22,23,24,25). The zero-order valence-corrected chi connectivity index (χ0v) is 17.8. The van der Waals surface area contributed by atoms with Crippen molar-refractivity contribution in [2.75, 3.05) is 5.75 Å². The first-order valence-electron chi connectivity index (χ1n) is 8.94. The van der Waals surface area contributed by atoms with Gasteiger partial charge in [0.15, 0.2) is 9.84 Å². The lowest BCUT2D eigenvalue weighted by atomic mass is 9.98. The Bertz CT molecular complexity index is 1480. The number of sulfonamides is 1. The van der Waals surface area contributed by atoms with Crippen molar-refractivity contribution in [1.82, 2.24) is 30.6 Å². The molecule has 162 valence electrons. The molecule has 0 aliphatic carbocycles. The smallest absolute Gasteiger partial charge is 0.240 e. The van der Waals surface area contributed by atoms with Crippen LogP contribution in [0.5, 0.6) is 0 Å². The van der Waals surface area contributed by atoms with Crippen LogP contribution in [-0.2, 0) is 19.9 Å². The van der Waals surface area contributed by atoms with Crippen molar-refractivity contribution < 1.29 is 16.8 Å². The average molecular weight is 463 g/mol. The Kier molecular flexibility index (Phi) is 5.09. The van der Waals surface area contributed by atoms with E-state index < -0.39 is 41.4 Å². The molecule has 1 atom stereocenters. The maximum atomic E-state index is 13.0. The number of imidazole rings is 1. The molecule has 0 saturated carbocycles. The van der Waals surface area contributed by atoms with E-state index in [0.29, 0.717) is 22.2 Å². The van der Waals surface area contributed by atoms with Crippen molar-refractivity contribution in [2.24, 2.45) is 10.9 Å². The summed E-state index contributed by atoms with van der Waals surface area (Å²) in [5.74, 6) is -0.611. The van der Waals surface area contributed by atoms with E-state index in [0.717, 1.165) is 0 Å².